The number of para-hydroxylation sites is 1. The van der Waals surface area contributed by atoms with Crippen molar-refractivity contribution in [1.29, 1.82) is 0 Å². The van der Waals surface area contributed by atoms with Crippen LogP contribution in [0, 0.1) is 12.8 Å². The number of alkyl halides is 2. The number of aromatic nitrogens is 1. The number of piperidine rings is 1. The van der Waals surface area contributed by atoms with E-state index in [1.165, 1.54) is 12.1 Å². The first kappa shape index (κ1) is 22.0. The Hall–Kier alpha value is -2.86. The number of hydrogen-bond acceptors (Lipinski definition) is 3. The third kappa shape index (κ3) is 4.12. The molecule has 0 saturated carbocycles. The molecule has 1 unspecified atom stereocenters. The van der Waals surface area contributed by atoms with Gasteiger partial charge in [-0.05, 0) is 49.8 Å². The van der Waals surface area contributed by atoms with Gasteiger partial charge >= 0.3 is 0 Å². The van der Waals surface area contributed by atoms with Crippen LogP contribution in [0.2, 0.25) is 0 Å². The van der Waals surface area contributed by atoms with E-state index >= 15 is 8.78 Å². The van der Waals surface area contributed by atoms with E-state index < -0.39 is 11.8 Å². The van der Waals surface area contributed by atoms with Crippen LogP contribution >= 0.6 is 0 Å². The Kier molecular flexibility index (Phi) is 5.87. The molecule has 2 saturated heterocycles. The number of carbonyl (C=O) groups excluding carboxylic acids is 1. The molecule has 4 nitrogen and oxygen atoms in total. The van der Waals surface area contributed by atoms with Gasteiger partial charge in [-0.15, -0.1) is 0 Å². The van der Waals surface area contributed by atoms with Crippen LogP contribution in [-0.4, -0.2) is 41.6 Å². The fourth-order valence-corrected chi connectivity index (χ4v) is 5.12. The molecule has 0 N–H and O–H groups in total. The Bertz CT molecular complexity index is 1150. The van der Waals surface area contributed by atoms with E-state index in [-0.39, 0.29) is 17.6 Å². The molecule has 0 aliphatic carbocycles. The molecule has 2 aromatic carbocycles. The number of amides is 1. The summed E-state index contributed by atoms with van der Waals surface area (Å²) in [5.74, 6) is -3.76. The van der Waals surface area contributed by atoms with Gasteiger partial charge in [-0.25, -0.2) is 8.78 Å². The molecule has 5 rings (SSSR count). The molecule has 1 amide bonds. The van der Waals surface area contributed by atoms with Gasteiger partial charge in [0.2, 0.25) is 0 Å². The van der Waals surface area contributed by atoms with Gasteiger partial charge in [0, 0.05) is 48.3 Å². The largest absolute Gasteiger partial charge is 0.368 e. The zero-order valence-corrected chi connectivity index (χ0v) is 18.8. The Morgan fingerprint density at radius 2 is 1.79 bits per heavy atom. The van der Waals surface area contributed by atoms with Gasteiger partial charge < -0.3 is 9.64 Å². The van der Waals surface area contributed by atoms with Crippen molar-refractivity contribution in [2.24, 2.45) is 5.92 Å². The third-order valence-corrected chi connectivity index (χ3v) is 7.15. The van der Waals surface area contributed by atoms with Gasteiger partial charge in [0.05, 0.1) is 5.52 Å². The van der Waals surface area contributed by atoms with E-state index in [2.05, 4.69) is 4.98 Å². The van der Waals surface area contributed by atoms with Gasteiger partial charge in [-0.1, -0.05) is 42.5 Å². The molecule has 2 fully saturated rings. The van der Waals surface area contributed by atoms with E-state index in [9.17, 15) is 4.79 Å². The summed E-state index contributed by atoms with van der Waals surface area (Å²) >= 11 is 0. The fraction of sp³-hybridized carbons (Fsp3) is 0.407. The van der Waals surface area contributed by atoms with E-state index in [0.29, 0.717) is 32.5 Å². The van der Waals surface area contributed by atoms with Gasteiger partial charge in [0.25, 0.3) is 11.8 Å². The molecule has 3 heterocycles. The van der Waals surface area contributed by atoms with Gasteiger partial charge in [0.15, 0.2) is 0 Å². The van der Waals surface area contributed by atoms with E-state index in [4.69, 9.17) is 4.74 Å². The van der Waals surface area contributed by atoms with Gasteiger partial charge in [-0.2, -0.15) is 0 Å². The minimum atomic E-state index is -2.94. The highest BCUT2D eigenvalue weighted by atomic mass is 19.3. The predicted molar refractivity (Wildman–Crippen MR) is 124 cm³/mol. The lowest BCUT2D eigenvalue weighted by Crippen LogP contribution is -2.46. The van der Waals surface area contributed by atoms with Crippen molar-refractivity contribution in [3.05, 3.63) is 65.9 Å². The molecule has 2 aliphatic rings. The van der Waals surface area contributed by atoms with Crippen LogP contribution in [0.15, 0.2) is 54.7 Å². The highest BCUT2D eigenvalue weighted by Gasteiger charge is 2.43. The van der Waals surface area contributed by atoms with Crippen LogP contribution in [-0.2, 0) is 15.5 Å². The summed E-state index contributed by atoms with van der Waals surface area (Å²) in [7, 11) is 0. The molecule has 0 spiro atoms. The normalized spacial score (nSPS) is 19.8. The minimum Gasteiger partial charge on any atom is -0.368 e. The molecule has 3 aromatic rings. The smallest absolute Gasteiger partial charge is 0.276 e. The van der Waals surface area contributed by atoms with Crippen LogP contribution < -0.4 is 0 Å². The SMILES string of the molecule is Cc1c(-c2ccc(C(F)(F)C3CCN(C(=O)C4CCCO4)CC3)cc2)cnc2ccccc12. The number of hydrogen-bond donors (Lipinski definition) is 0. The molecule has 33 heavy (non-hydrogen) atoms. The number of benzene rings is 2. The highest BCUT2D eigenvalue weighted by Crippen LogP contribution is 2.42. The average molecular weight is 451 g/mol. The lowest BCUT2D eigenvalue weighted by Gasteiger charge is -2.36. The number of likely N-dealkylation sites (tertiary alicyclic amines) is 1. The molecule has 2 aliphatic heterocycles. The number of carbonyl (C=O) groups is 1. The summed E-state index contributed by atoms with van der Waals surface area (Å²) in [4.78, 5) is 18.7. The average Bonchev–Trinajstić information content (AvgIpc) is 3.39. The number of pyridine rings is 1. The zero-order valence-electron chi connectivity index (χ0n) is 18.8. The van der Waals surface area contributed by atoms with Crippen molar-refractivity contribution in [3.63, 3.8) is 0 Å². The lowest BCUT2D eigenvalue weighted by atomic mass is 9.85. The van der Waals surface area contributed by atoms with Crippen molar-refractivity contribution in [3.8, 4) is 11.1 Å². The Morgan fingerprint density at radius 1 is 1.06 bits per heavy atom. The first-order chi connectivity index (χ1) is 15.9. The second-order valence-electron chi connectivity index (χ2n) is 9.12. The van der Waals surface area contributed by atoms with Crippen molar-refractivity contribution in [1.82, 2.24) is 9.88 Å². The van der Waals surface area contributed by atoms with Gasteiger partial charge in [-0.3, -0.25) is 9.78 Å². The number of rotatable bonds is 4. The van der Waals surface area contributed by atoms with E-state index in [0.717, 1.165) is 40.4 Å². The van der Waals surface area contributed by atoms with Crippen molar-refractivity contribution in [2.45, 2.75) is 44.6 Å². The Balaban J connectivity index is 1.30. The van der Waals surface area contributed by atoms with Crippen molar-refractivity contribution in [2.75, 3.05) is 19.7 Å². The number of halogens is 2. The highest BCUT2D eigenvalue weighted by molar-refractivity contribution is 5.88. The summed E-state index contributed by atoms with van der Waals surface area (Å²) in [6.07, 6.45) is 3.62. The monoisotopic (exact) mass is 450 g/mol. The number of fused-ring (bicyclic) bond motifs is 1. The third-order valence-electron chi connectivity index (χ3n) is 7.15. The first-order valence-corrected chi connectivity index (χ1v) is 11.7. The summed E-state index contributed by atoms with van der Waals surface area (Å²) in [6, 6.07) is 14.5. The maximum atomic E-state index is 15.4. The molecule has 6 heteroatoms. The summed E-state index contributed by atoms with van der Waals surface area (Å²) < 4.78 is 36.2. The summed E-state index contributed by atoms with van der Waals surface area (Å²) in [5.41, 5.74) is 3.86. The molecule has 0 radical (unpaired) electrons. The molecular formula is C27H28F2N2O2. The van der Waals surface area contributed by atoms with E-state index in [1.807, 2.05) is 37.4 Å². The van der Waals surface area contributed by atoms with Crippen molar-refractivity contribution < 1.29 is 18.3 Å². The van der Waals surface area contributed by atoms with Crippen LogP contribution in [0.3, 0.4) is 0 Å². The molecule has 172 valence electrons. The number of nitrogens with zero attached hydrogens (tertiary/aromatic N) is 2. The minimum absolute atomic E-state index is 0.0292. The Labute approximate surface area is 192 Å². The zero-order chi connectivity index (χ0) is 23.0. The van der Waals surface area contributed by atoms with Crippen LogP contribution in [0.5, 0.6) is 0 Å². The molecule has 1 atom stereocenters. The second kappa shape index (κ2) is 8.82. The van der Waals surface area contributed by atoms with Crippen LogP contribution in [0.4, 0.5) is 8.78 Å². The summed E-state index contributed by atoms with van der Waals surface area (Å²) in [6.45, 7) is 3.36. The number of ether oxygens (including phenoxy) is 1. The standard InChI is InChI=1S/C27H28F2N2O2/c1-18-22-5-2-3-6-24(22)30-17-23(18)19-8-10-20(11-9-19)27(28,29)21-12-14-31(15-13-21)26(32)25-7-4-16-33-25/h2-3,5-6,8-11,17,21,25H,4,7,12-16H2,1H3. The van der Waals surface area contributed by atoms with E-state index in [1.54, 1.807) is 17.0 Å². The lowest BCUT2D eigenvalue weighted by molar-refractivity contribution is -0.146. The van der Waals surface area contributed by atoms with Gasteiger partial charge in [0.1, 0.15) is 6.10 Å². The number of aryl methyl sites for hydroxylation is 1. The van der Waals surface area contributed by atoms with Crippen molar-refractivity contribution >= 4 is 16.8 Å². The molecular weight excluding hydrogens is 422 g/mol. The fourth-order valence-electron chi connectivity index (χ4n) is 5.12. The maximum Gasteiger partial charge on any atom is 0.276 e. The maximum absolute atomic E-state index is 15.4. The molecule has 1 aromatic heterocycles. The van der Waals surface area contributed by atoms with Crippen LogP contribution in [0.25, 0.3) is 22.0 Å². The topological polar surface area (TPSA) is 42.4 Å². The molecule has 0 bridgehead atoms. The summed E-state index contributed by atoms with van der Waals surface area (Å²) in [5, 5.41) is 1.06. The second-order valence-corrected chi connectivity index (χ2v) is 9.12. The first-order valence-electron chi connectivity index (χ1n) is 11.7. The predicted octanol–water partition coefficient (Wildman–Crippen LogP) is 5.72. The Morgan fingerprint density at radius 3 is 2.48 bits per heavy atom. The van der Waals surface area contributed by atoms with Crippen LogP contribution in [0.1, 0.15) is 36.8 Å². The quantitative estimate of drug-likeness (QED) is 0.511.